The lowest BCUT2D eigenvalue weighted by atomic mass is 10.2. The third-order valence-corrected chi connectivity index (χ3v) is 5.81. The van der Waals surface area contributed by atoms with Crippen LogP contribution in [-0.2, 0) is 16.0 Å². The number of thiazole rings is 1. The quantitative estimate of drug-likeness (QED) is 0.837. The lowest BCUT2D eigenvalue weighted by molar-refractivity contribution is -0.131. The number of aromatic nitrogens is 1. The molecule has 0 radical (unpaired) electrons. The van der Waals surface area contributed by atoms with Crippen molar-refractivity contribution in [1.29, 1.82) is 0 Å². The second-order valence-corrected chi connectivity index (χ2v) is 7.85. The Morgan fingerprint density at radius 3 is 3.04 bits per heavy atom. The Kier molecular flexibility index (Phi) is 5.42. The molecule has 0 aromatic carbocycles. The average molecular weight is 351 g/mol. The monoisotopic (exact) mass is 351 g/mol. The van der Waals surface area contributed by atoms with Gasteiger partial charge in [0.05, 0.1) is 21.7 Å². The molecular formula is C16H21N3O2S2. The first-order valence-corrected chi connectivity index (χ1v) is 9.50. The molecule has 1 saturated heterocycles. The number of amides is 1. The number of thiophene rings is 1. The molecule has 2 atom stereocenters. The van der Waals surface area contributed by atoms with Crippen molar-refractivity contribution in [3.05, 3.63) is 27.4 Å². The lowest BCUT2D eigenvalue weighted by Gasteiger charge is -2.12. The average Bonchev–Trinajstić information content (AvgIpc) is 3.26. The summed E-state index contributed by atoms with van der Waals surface area (Å²) in [7, 11) is 0. The molecule has 23 heavy (non-hydrogen) atoms. The highest BCUT2D eigenvalue weighted by molar-refractivity contribution is 7.16. The zero-order valence-electron chi connectivity index (χ0n) is 13.1. The van der Waals surface area contributed by atoms with Gasteiger partial charge in [0.15, 0.2) is 0 Å². The van der Waals surface area contributed by atoms with E-state index in [1.54, 1.807) is 22.7 Å². The van der Waals surface area contributed by atoms with E-state index in [4.69, 9.17) is 10.5 Å². The Morgan fingerprint density at radius 1 is 1.48 bits per heavy atom. The van der Waals surface area contributed by atoms with Gasteiger partial charge in [0.1, 0.15) is 6.10 Å². The van der Waals surface area contributed by atoms with Gasteiger partial charge in [-0.2, -0.15) is 0 Å². The van der Waals surface area contributed by atoms with Crippen LogP contribution in [0.3, 0.4) is 0 Å². The van der Waals surface area contributed by atoms with E-state index in [0.29, 0.717) is 13.1 Å². The summed E-state index contributed by atoms with van der Waals surface area (Å²) in [6, 6.07) is 4.21. The van der Waals surface area contributed by atoms with Crippen LogP contribution in [0.5, 0.6) is 0 Å². The number of carbonyl (C=O) groups is 1. The van der Waals surface area contributed by atoms with Crippen molar-refractivity contribution >= 4 is 28.6 Å². The van der Waals surface area contributed by atoms with Gasteiger partial charge in [0, 0.05) is 23.3 Å². The summed E-state index contributed by atoms with van der Waals surface area (Å²) >= 11 is 3.39. The fourth-order valence-electron chi connectivity index (χ4n) is 2.62. The van der Waals surface area contributed by atoms with Crippen LogP contribution in [0.4, 0.5) is 0 Å². The molecule has 2 aromatic rings. The van der Waals surface area contributed by atoms with E-state index < -0.39 is 0 Å². The van der Waals surface area contributed by atoms with Crippen molar-refractivity contribution in [2.75, 3.05) is 13.1 Å². The summed E-state index contributed by atoms with van der Waals surface area (Å²) in [5.41, 5.74) is 6.61. The van der Waals surface area contributed by atoms with Crippen molar-refractivity contribution in [3.8, 4) is 10.6 Å². The van der Waals surface area contributed by atoms with Crippen LogP contribution in [0.2, 0.25) is 0 Å². The molecule has 1 aliphatic rings. The van der Waals surface area contributed by atoms with E-state index in [1.165, 1.54) is 9.75 Å². The Balaban J connectivity index is 1.46. The molecule has 1 fully saturated rings. The van der Waals surface area contributed by atoms with E-state index in [0.717, 1.165) is 30.0 Å². The number of rotatable bonds is 6. The fourth-order valence-corrected chi connectivity index (χ4v) is 4.28. The van der Waals surface area contributed by atoms with Crippen LogP contribution >= 0.6 is 22.7 Å². The number of ether oxygens (including phenoxy) is 1. The molecule has 5 nitrogen and oxygen atoms in total. The summed E-state index contributed by atoms with van der Waals surface area (Å²) in [6.45, 7) is 3.12. The molecular weight excluding hydrogens is 330 g/mol. The minimum atomic E-state index is -0.333. The predicted molar refractivity (Wildman–Crippen MR) is 93.8 cm³/mol. The molecule has 1 aliphatic heterocycles. The van der Waals surface area contributed by atoms with Gasteiger partial charge in [-0.1, -0.05) is 0 Å². The first-order valence-electron chi connectivity index (χ1n) is 7.80. The summed E-state index contributed by atoms with van der Waals surface area (Å²) in [4.78, 5) is 19.0. The number of hydrogen-bond donors (Lipinski definition) is 2. The number of hydrogen-bond acceptors (Lipinski definition) is 6. The van der Waals surface area contributed by atoms with Crippen LogP contribution in [0.15, 0.2) is 17.5 Å². The van der Waals surface area contributed by atoms with E-state index in [9.17, 15) is 4.79 Å². The van der Waals surface area contributed by atoms with Gasteiger partial charge in [-0.3, -0.25) is 4.79 Å². The summed E-state index contributed by atoms with van der Waals surface area (Å²) in [6.07, 6.45) is 2.16. The highest BCUT2D eigenvalue weighted by atomic mass is 32.1. The van der Waals surface area contributed by atoms with Crippen LogP contribution in [0.25, 0.3) is 10.6 Å². The van der Waals surface area contributed by atoms with Crippen LogP contribution in [0.1, 0.15) is 22.7 Å². The summed E-state index contributed by atoms with van der Waals surface area (Å²) in [5, 5.41) is 6.12. The highest BCUT2D eigenvalue weighted by Gasteiger charge is 2.29. The molecule has 3 N–H and O–H groups in total. The maximum absolute atomic E-state index is 12.0. The van der Waals surface area contributed by atoms with Crippen LogP contribution in [-0.4, -0.2) is 36.2 Å². The zero-order valence-corrected chi connectivity index (χ0v) is 14.7. The van der Waals surface area contributed by atoms with Crippen molar-refractivity contribution in [2.45, 2.75) is 38.4 Å². The summed E-state index contributed by atoms with van der Waals surface area (Å²) < 4.78 is 5.60. The van der Waals surface area contributed by atoms with Gasteiger partial charge in [-0.25, -0.2) is 4.98 Å². The molecule has 124 valence electrons. The minimum Gasteiger partial charge on any atom is -0.364 e. The molecule has 1 amide bonds. The smallest absolute Gasteiger partial charge is 0.249 e. The van der Waals surface area contributed by atoms with Crippen molar-refractivity contribution in [2.24, 2.45) is 5.73 Å². The fraction of sp³-hybridized carbons (Fsp3) is 0.500. The molecule has 0 aliphatic carbocycles. The van der Waals surface area contributed by atoms with Gasteiger partial charge in [-0.05, 0) is 38.3 Å². The Bertz CT molecular complexity index is 668. The third kappa shape index (κ3) is 4.17. The Hall–Kier alpha value is -1.28. The van der Waals surface area contributed by atoms with E-state index in [2.05, 4.69) is 27.8 Å². The van der Waals surface area contributed by atoms with Gasteiger partial charge in [0.25, 0.3) is 0 Å². The molecule has 7 heteroatoms. The second-order valence-electron chi connectivity index (χ2n) is 5.62. The number of aryl methyl sites for hydroxylation is 1. The van der Waals surface area contributed by atoms with Gasteiger partial charge < -0.3 is 15.8 Å². The highest BCUT2D eigenvalue weighted by Crippen LogP contribution is 2.29. The SMILES string of the molecule is Cc1nc(-c2ccc(CCNC(=O)[C@@H]3CC[C@H](CN)O3)s2)cs1. The van der Waals surface area contributed by atoms with Crippen LogP contribution < -0.4 is 11.1 Å². The number of nitrogens with two attached hydrogens (primary N) is 1. The normalized spacial score (nSPS) is 20.8. The largest absolute Gasteiger partial charge is 0.364 e. The molecule has 0 unspecified atom stereocenters. The second kappa shape index (κ2) is 7.53. The Morgan fingerprint density at radius 2 is 2.35 bits per heavy atom. The van der Waals surface area contributed by atoms with Crippen LogP contribution in [0, 0.1) is 6.92 Å². The maximum atomic E-state index is 12.0. The first kappa shape index (κ1) is 16.6. The standard InChI is InChI=1S/C16H21N3O2S2/c1-10-19-13(9-22-10)15-5-3-12(23-15)6-7-18-16(20)14-4-2-11(8-17)21-14/h3,5,9,11,14H,2,4,6-8,17H2,1H3,(H,18,20)/t11-,14+/m1/s1. The number of carbonyl (C=O) groups excluding carboxylic acids is 1. The van der Waals surface area contributed by atoms with Gasteiger partial charge >= 0.3 is 0 Å². The molecule has 3 heterocycles. The molecule has 3 rings (SSSR count). The topological polar surface area (TPSA) is 77.2 Å². The zero-order chi connectivity index (χ0) is 16.2. The molecule has 0 spiro atoms. The lowest BCUT2D eigenvalue weighted by Crippen LogP contribution is -2.36. The van der Waals surface area contributed by atoms with E-state index in [1.807, 2.05) is 6.92 Å². The van der Waals surface area contributed by atoms with Crippen molar-refractivity contribution in [3.63, 3.8) is 0 Å². The number of nitrogens with zero attached hydrogens (tertiary/aromatic N) is 1. The Labute approximate surface area is 143 Å². The van der Waals surface area contributed by atoms with E-state index >= 15 is 0 Å². The molecule has 0 bridgehead atoms. The summed E-state index contributed by atoms with van der Waals surface area (Å²) in [5.74, 6) is -0.0205. The van der Waals surface area contributed by atoms with Gasteiger partial charge in [0.2, 0.25) is 5.91 Å². The first-order chi connectivity index (χ1) is 11.2. The molecule has 0 saturated carbocycles. The number of nitrogens with one attached hydrogen (secondary N) is 1. The predicted octanol–water partition coefficient (Wildman–Crippen LogP) is 2.35. The third-order valence-electron chi connectivity index (χ3n) is 3.87. The van der Waals surface area contributed by atoms with Crippen molar-refractivity contribution < 1.29 is 9.53 Å². The molecule has 2 aromatic heterocycles. The minimum absolute atomic E-state index is 0.0205. The maximum Gasteiger partial charge on any atom is 0.249 e. The van der Waals surface area contributed by atoms with Gasteiger partial charge in [-0.15, -0.1) is 22.7 Å². The van der Waals surface area contributed by atoms with Crippen molar-refractivity contribution in [1.82, 2.24) is 10.3 Å². The van der Waals surface area contributed by atoms with E-state index in [-0.39, 0.29) is 18.1 Å².